The largest absolute Gasteiger partial charge is 0.368 e. The van der Waals surface area contributed by atoms with Gasteiger partial charge in [-0.1, -0.05) is 20.8 Å². The highest BCUT2D eigenvalue weighted by Crippen LogP contribution is 2.35. The summed E-state index contributed by atoms with van der Waals surface area (Å²) in [4.78, 5) is 28.3. The Hall–Kier alpha value is -4.41. The molecule has 5 N–H and O–H groups in total. The van der Waals surface area contributed by atoms with Gasteiger partial charge in [0.1, 0.15) is 29.0 Å². The minimum Gasteiger partial charge on any atom is -0.368 e. The van der Waals surface area contributed by atoms with Gasteiger partial charge in [-0.25, -0.2) is 32.9 Å². The molecule has 4 aromatic rings. The van der Waals surface area contributed by atoms with Crippen molar-refractivity contribution in [2.75, 3.05) is 16.4 Å². The van der Waals surface area contributed by atoms with E-state index in [0.717, 1.165) is 12.1 Å². The standard InChI is InChI=1S/C24H22F3N7O/c1-24(2,3)21-33-19(20(34-21)18-8-9-29-22(28)31-18)14-11-13(5-6-15(14)26)30-23(35)32-17-7-4-12(25)10-16(17)27/h4-11H,1-3H3,(H,33,34)(H2,28,29,31)(H2,30,32,35). The second-order valence-corrected chi connectivity index (χ2v) is 8.76. The van der Waals surface area contributed by atoms with E-state index in [1.807, 2.05) is 20.8 Å². The number of aromatic nitrogens is 4. The molecule has 0 unspecified atom stereocenters. The van der Waals surface area contributed by atoms with Crippen LogP contribution in [0.2, 0.25) is 0 Å². The molecule has 35 heavy (non-hydrogen) atoms. The minimum atomic E-state index is -0.931. The Balaban J connectivity index is 1.70. The van der Waals surface area contributed by atoms with E-state index in [1.54, 1.807) is 6.07 Å². The van der Waals surface area contributed by atoms with E-state index in [0.29, 0.717) is 23.3 Å². The average molecular weight is 481 g/mol. The smallest absolute Gasteiger partial charge is 0.323 e. The molecule has 0 atom stereocenters. The van der Waals surface area contributed by atoms with Crippen LogP contribution in [0.15, 0.2) is 48.7 Å². The van der Waals surface area contributed by atoms with E-state index >= 15 is 0 Å². The van der Waals surface area contributed by atoms with Crippen LogP contribution in [0.25, 0.3) is 22.6 Å². The number of nitrogen functional groups attached to an aromatic ring is 1. The summed E-state index contributed by atoms with van der Waals surface area (Å²) in [5.41, 5.74) is 6.55. The fourth-order valence-electron chi connectivity index (χ4n) is 3.28. The van der Waals surface area contributed by atoms with Gasteiger partial charge in [0.15, 0.2) is 0 Å². The normalized spacial score (nSPS) is 11.4. The number of rotatable bonds is 4. The van der Waals surface area contributed by atoms with E-state index in [2.05, 4.69) is 30.6 Å². The maximum atomic E-state index is 15.0. The Kier molecular flexibility index (Phi) is 6.16. The first kappa shape index (κ1) is 23.7. The van der Waals surface area contributed by atoms with Gasteiger partial charge in [-0.15, -0.1) is 0 Å². The zero-order valence-corrected chi connectivity index (χ0v) is 19.1. The summed E-state index contributed by atoms with van der Waals surface area (Å²) < 4.78 is 41.9. The number of nitrogens with one attached hydrogen (secondary N) is 3. The summed E-state index contributed by atoms with van der Waals surface area (Å²) in [6.07, 6.45) is 1.48. The number of imidazole rings is 1. The monoisotopic (exact) mass is 481 g/mol. The van der Waals surface area contributed by atoms with Crippen LogP contribution in [0.5, 0.6) is 0 Å². The van der Waals surface area contributed by atoms with E-state index in [9.17, 15) is 18.0 Å². The van der Waals surface area contributed by atoms with Crippen LogP contribution in [-0.4, -0.2) is 26.0 Å². The molecule has 0 aliphatic carbocycles. The lowest BCUT2D eigenvalue weighted by atomic mass is 9.96. The molecule has 0 fully saturated rings. The minimum absolute atomic E-state index is 0.0425. The van der Waals surface area contributed by atoms with Crippen LogP contribution in [0.1, 0.15) is 26.6 Å². The van der Waals surface area contributed by atoms with E-state index in [1.165, 1.54) is 24.4 Å². The van der Waals surface area contributed by atoms with Gasteiger partial charge in [0.05, 0.1) is 17.1 Å². The Bertz CT molecular complexity index is 1410. The fraction of sp³-hybridized carbons (Fsp3) is 0.167. The molecule has 0 aliphatic rings. The predicted molar refractivity (Wildman–Crippen MR) is 127 cm³/mol. The number of nitrogens with two attached hydrogens (primary N) is 1. The van der Waals surface area contributed by atoms with Crippen LogP contribution in [0.3, 0.4) is 0 Å². The van der Waals surface area contributed by atoms with Gasteiger partial charge in [-0.05, 0) is 36.4 Å². The number of nitrogens with zero attached hydrogens (tertiary/aromatic N) is 3. The lowest BCUT2D eigenvalue weighted by Crippen LogP contribution is -2.20. The molecule has 2 amide bonds. The number of amides is 2. The highest BCUT2D eigenvalue weighted by atomic mass is 19.1. The number of carbonyl (C=O) groups excluding carboxylic acids is 1. The van der Waals surface area contributed by atoms with Crippen molar-refractivity contribution in [3.63, 3.8) is 0 Å². The third kappa shape index (κ3) is 5.24. The highest BCUT2D eigenvalue weighted by Gasteiger charge is 2.25. The predicted octanol–water partition coefficient (Wildman–Crippen LogP) is 5.47. The summed E-state index contributed by atoms with van der Waals surface area (Å²) in [7, 11) is 0. The second-order valence-electron chi connectivity index (χ2n) is 8.76. The third-order valence-corrected chi connectivity index (χ3v) is 5.00. The number of H-pyrrole nitrogens is 1. The number of aromatic amines is 1. The number of halogens is 3. The van der Waals surface area contributed by atoms with Gasteiger partial charge in [0.2, 0.25) is 5.95 Å². The zero-order chi connectivity index (χ0) is 25.3. The lowest BCUT2D eigenvalue weighted by Gasteiger charge is -2.14. The summed E-state index contributed by atoms with van der Waals surface area (Å²) in [5.74, 6) is -1.66. The average Bonchev–Trinajstić information content (AvgIpc) is 3.23. The molecule has 0 aliphatic heterocycles. The highest BCUT2D eigenvalue weighted by molar-refractivity contribution is 6.00. The third-order valence-electron chi connectivity index (χ3n) is 5.00. The van der Waals surface area contributed by atoms with Gasteiger partial charge in [-0.3, -0.25) is 0 Å². The second kappa shape index (κ2) is 9.09. The fourth-order valence-corrected chi connectivity index (χ4v) is 3.28. The number of hydrogen-bond donors (Lipinski definition) is 4. The van der Waals surface area contributed by atoms with Crippen molar-refractivity contribution in [3.8, 4) is 22.6 Å². The molecule has 2 aromatic carbocycles. The summed E-state index contributed by atoms with van der Waals surface area (Å²) in [6.45, 7) is 5.84. The number of hydrogen-bond acceptors (Lipinski definition) is 5. The molecular weight excluding hydrogens is 459 g/mol. The molecule has 2 aromatic heterocycles. The van der Waals surface area contributed by atoms with Crippen molar-refractivity contribution in [2.24, 2.45) is 0 Å². The first-order valence-electron chi connectivity index (χ1n) is 10.5. The van der Waals surface area contributed by atoms with Gasteiger partial charge in [0, 0.05) is 28.9 Å². The van der Waals surface area contributed by atoms with Crippen LogP contribution in [0, 0.1) is 17.5 Å². The first-order valence-corrected chi connectivity index (χ1v) is 10.5. The van der Waals surface area contributed by atoms with Gasteiger partial charge in [0.25, 0.3) is 0 Å². The van der Waals surface area contributed by atoms with Gasteiger partial charge in [-0.2, -0.15) is 0 Å². The topological polar surface area (TPSA) is 122 Å². The van der Waals surface area contributed by atoms with Crippen molar-refractivity contribution < 1.29 is 18.0 Å². The summed E-state index contributed by atoms with van der Waals surface area (Å²) in [6, 6.07) is 7.49. The zero-order valence-electron chi connectivity index (χ0n) is 19.1. The van der Waals surface area contributed by atoms with Crippen molar-refractivity contribution in [2.45, 2.75) is 26.2 Å². The van der Waals surface area contributed by atoms with E-state index in [-0.39, 0.29) is 28.6 Å². The molecule has 0 saturated heterocycles. The summed E-state index contributed by atoms with van der Waals surface area (Å²) in [5, 5.41) is 4.80. The molecule has 8 nitrogen and oxygen atoms in total. The maximum Gasteiger partial charge on any atom is 0.323 e. The Morgan fingerprint density at radius 3 is 2.43 bits per heavy atom. The lowest BCUT2D eigenvalue weighted by molar-refractivity contribution is 0.262. The Morgan fingerprint density at radius 2 is 1.74 bits per heavy atom. The molecule has 2 heterocycles. The molecule has 4 rings (SSSR count). The van der Waals surface area contributed by atoms with Crippen molar-refractivity contribution in [1.29, 1.82) is 0 Å². The van der Waals surface area contributed by atoms with Gasteiger partial charge < -0.3 is 21.4 Å². The first-order chi connectivity index (χ1) is 16.5. The van der Waals surface area contributed by atoms with Crippen molar-refractivity contribution in [1.82, 2.24) is 19.9 Å². The van der Waals surface area contributed by atoms with Crippen LogP contribution in [0.4, 0.5) is 35.3 Å². The molecular formula is C24H22F3N7O. The molecule has 180 valence electrons. The number of carbonyl (C=O) groups is 1. The van der Waals surface area contributed by atoms with Crippen molar-refractivity contribution in [3.05, 3.63) is 71.9 Å². The number of urea groups is 1. The molecule has 0 saturated carbocycles. The van der Waals surface area contributed by atoms with Gasteiger partial charge >= 0.3 is 6.03 Å². The molecule has 0 radical (unpaired) electrons. The molecule has 0 spiro atoms. The van der Waals surface area contributed by atoms with Crippen LogP contribution in [-0.2, 0) is 5.41 Å². The molecule has 11 heteroatoms. The van der Waals surface area contributed by atoms with Crippen LogP contribution >= 0.6 is 0 Å². The summed E-state index contributed by atoms with van der Waals surface area (Å²) >= 11 is 0. The number of anilines is 3. The Morgan fingerprint density at radius 1 is 0.971 bits per heavy atom. The number of benzene rings is 2. The van der Waals surface area contributed by atoms with Crippen LogP contribution < -0.4 is 16.4 Å². The molecule has 0 bridgehead atoms. The van der Waals surface area contributed by atoms with E-state index < -0.39 is 28.9 Å². The van der Waals surface area contributed by atoms with E-state index in [4.69, 9.17) is 5.73 Å². The quantitative estimate of drug-likeness (QED) is 0.308. The maximum absolute atomic E-state index is 15.0. The van der Waals surface area contributed by atoms with Crippen molar-refractivity contribution >= 4 is 23.4 Å². The Labute approximate surface area is 198 Å². The SMILES string of the molecule is CC(C)(C)c1nc(-c2cc(NC(=O)Nc3ccc(F)cc3F)ccc2F)c(-c2ccnc(N)n2)[nH]1.